The smallest absolute Gasteiger partial charge is 0.338 e. The van der Waals surface area contributed by atoms with E-state index in [2.05, 4.69) is 19.1 Å². The molecule has 0 bridgehead atoms. The summed E-state index contributed by atoms with van der Waals surface area (Å²) in [5, 5.41) is 0. The monoisotopic (exact) mass is 255 g/mol. The maximum atomic E-state index is 12.0. The van der Waals surface area contributed by atoms with Gasteiger partial charge in [0.15, 0.2) is 0 Å². The van der Waals surface area contributed by atoms with Gasteiger partial charge in [-0.3, -0.25) is 0 Å². The van der Waals surface area contributed by atoms with Crippen molar-refractivity contribution in [1.82, 2.24) is 4.57 Å². The van der Waals surface area contributed by atoms with E-state index in [9.17, 15) is 4.79 Å². The number of fused-ring (bicyclic) bond motifs is 1. The first-order chi connectivity index (χ1) is 9.05. The van der Waals surface area contributed by atoms with E-state index in [1.807, 2.05) is 42.8 Å². The second-order valence-electron chi connectivity index (χ2n) is 5.37. The Labute approximate surface area is 112 Å². The van der Waals surface area contributed by atoms with Gasteiger partial charge in [-0.05, 0) is 31.4 Å². The molecular weight excluding hydrogens is 238 g/mol. The molecule has 0 saturated carbocycles. The lowest BCUT2D eigenvalue weighted by atomic mass is 10.0. The Kier molecular flexibility index (Phi) is 2.52. The van der Waals surface area contributed by atoms with Crippen LogP contribution in [0.25, 0.3) is 11.1 Å². The van der Waals surface area contributed by atoms with E-state index in [0.717, 1.165) is 17.5 Å². The highest BCUT2D eigenvalue weighted by molar-refractivity contribution is 5.88. The highest BCUT2D eigenvalue weighted by Crippen LogP contribution is 2.43. The first kappa shape index (κ1) is 12.0. The lowest BCUT2D eigenvalue weighted by Crippen LogP contribution is -2.31. The summed E-state index contributed by atoms with van der Waals surface area (Å²) in [5.74, 6) is 0.486. The van der Waals surface area contributed by atoms with Crippen LogP contribution in [0.2, 0.25) is 0 Å². The molecule has 1 aliphatic heterocycles. The minimum absolute atomic E-state index is 0.192. The summed E-state index contributed by atoms with van der Waals surface area (Å²) in [6.07, 6.45) is 2.96. The summed E-state index contributed by atoms with van der Waals surface area (Å²) in [6.45, 7) is 5.90. The second-order valence-corrected chi connectivity index (χ2v) is 5.37. The number of esters is 1. The van der Waals surface area contributed by atoms with Gasteiger partial charge in [0.1, 0.15) is 5.54 Å². The third-order valence-electron chi connectivity index (χ3n) is 3.77. The Hall–Kier alpha value is -2.03. The molecule has 1 aromatic heterocycles. The predicted octanol–water partition coefficient (Wildman–Crippen LogP) is 3.37. The van der Waals surface area contributed by atoms with Crippen molar-refractivity contribution < 1.29 is 9.53 Å². The molecule has 1 aliphatic rings. The standard InChI is InChI=1S/C16H17NO2/c1-4-11-10-17-14(19-15(18)16(17,2)3)13(11)12-8-6-5-7-9-12/h5-10H,4H2,1-3H3. The van der Waals surface area contributed by atoms with Gasteiger partial charge in [-0.15, -0.1) is 0 Å². The number of hydrogen-bond donors (Lipinski definition) is 0. The minimum Gasteiger partial charge on any atom is -0.407 e. The van der Waals surface area contributed by atoms with Crippen LogP contribution < -0.4 is 4.74 Å². The van der Waals surface area contributed by atoms with Crippen molar-refractivity contribution in [2.75, 3.05) is 0 Å². The first-order valence-corrected chi connectivity index (χ1v) is 6.58. The highest BCUT2D eigenvalue weighted by Gasteiger charge is 2.42. The normalized spacial score (nSPS) is 16.3. The maximum Gasteiger partial charge on any atom is 0.338 e. The molecule has 3 heteroatoms. The fraction of sp³-hybridized carbons (Fsp3) is 0.312. The van der Waals surface area contributed by atoms with Crippen molar-refractivity contribution in [3.63, 3.8) is 0 Å². The van der Waals surface area contributed by atoms with Crippen LogP contribution >= 0.6 is 0 Å². The molecule has 19 heavy (non-hydrogen) atoms. The predicted molar refractivity (Wildman–Crippen MR) is 74.2 cm³/mol. The molecule has 0 amide bonds. The molecule has 3 rings (SSSR count). The van der Waals surface area contributed by atoms with Crippen molar-refractivity contribution >= 4 is 5.97 Å². The van der Waals surface area contributed by atoms with Crippen molar-refractivity contribution in [1.29, 1.82) is 0 Å². The molecule has 3 nitrogen and oxygen atoms in total. The molecule has 0 aliphatic carbocycles. The average molecular weight is 255 g/mol. The fourth-order valence-electron chi connectivity index (χ4n) is 2.55. The van der Waals surface area contributed by atoms with E-state index < -0.39 is 5.54 Å². The van der Waals surface area contributed by atoms with Crippen LogP contribution in [0.1, 0.15) is 26.3 Å². The molecule has 0 atom stereocenters. The highest BCUT2D eigenvalue weighted by atomic mass is 16.6. The van der Waals surface area contributed by atoms with Gasteiger partial charge in [0, 0.05) is 11.8 Å². The Morgan fingerprint density at radius 3 is 2.53 bits per heavy atom. The number of aryl methyl sites for hydroxylation is 1. The second kappa shape index (κ2) is 3.98. The lowest BCUT2D eigenvalue weighted by molar-refractivity contribution is -0.138. The van der Waals surface area contributed by atoms with Gasteiger partial charge in [0.25, 0.3) is 0 Å². The van der Waals surface area contributed by atoms with Gasteiger partial charge in [-0.25, -0.2) is 4.79 Å². The van der Waals surface area contributed by atoms with Crippen LogP contribution in [0, 0.1) is 0 Å². The minimum atomic E-state index is -0.619. The molecule has 0 fully saturated rings. The number of hydrogen-bond acceptors (Lipinski definition) is 2. The number of ether oxygens (including phenoxy) is 1. The summed E-state index contributed by atoms with van der Waals surface area (Å²) in [7, 11) is 0. The van der Waals surface area contributed by atoms with Gasteiger partial charge >= 0.3 is 5.97 Å². The summed E-state index contributed by atoms with van der Waals surface area (Å²) < 4.78 is 7.47. The van der Waals surface area contributed by atoms with Gasteiger partial charge in [0.2, 0.25) is 5.88 Å². The Bertz CT molecular complexity index is 638. The van der Waals surface area contributed by atoms with Gasteiger partial charge in [-0.2, -0.15) is 0 Å². The van der Waals surface area contributed by atoms with Crippen LogP contribution in [0.3, 0.4) is 0 Å². The van der Waals surface area contributed by atoms with E-state index in [4.69, 9.17) is 4.74 Å². The van der Waals surface area contributed by atoms with Gasteiger partial charge < -0.3 is 9.30 Å². The van der Waals surface area contributed by atoms with Crippen LogP contribution in [-0.2, 0) is 16.8 Å². The zero-order valence-corrected chi connectivity index (χ0v) is 11.4. The van der Waals surface area contributed by atoms with Crippen molar-refractivity contribution in [3.8, 4) is 17.0 Å². The van der Waals surface area contributed by atoms with E-state index in [0.29, 0.717) is 5.88 Å². The van der Waals surface area contributed by atoms with Crippen LogP contribution in [-0.4, -0.2) is 10.5 Å². The number of carbonyl (C=O) groups excluding carboxylic acids is 1. The zero-order valence-electron chi connectivity index (χ0n) is 11.4. The van der Waals surface area contributed by atoms with Crippen LogP contribution in [0.15, 0.2) is 36.5 Å². The largest absolute Gasteiger partial charge is 0.407 e. The summed E-state index contributed by atoms with van der Waals surface area (Å²) in [5.41, 5.74) is 2.73. The number of nitrogens with zero attached hydrogens (tertiary/aromatic N) is 1. The van der Waals surface area contributed by atoms with E-state index in [1.165, 1.54) is 5.56 Å². The fourth-order valence-corrected chi connectivity index (χ4v) is 2.55. The van der Waals surface area contributed by atoms with Gasteiger partial charge in [-0.1, -0.05) is 37.3 Å². The molecule has 0 radical (unpaired) electrons. The third-order valence-corrected chi connectivity index (χ3v) is 3.77. The Morgan fingerprint density at radius 2 is 1.89 bits per heavy atom. The molecule has 0 N–H and O–H groups in total. The number of benzene rings is 1. The molecule has 0 spiro atoms. The summed E-state index contributed by atoms with van der Waals surface area (Å²) >= 11 is 0. The van der Waals surface area contributed by atoms with Crippen molar-refractivity contribution in [2.45, 2.75) is 32.7 Å². The number of aromatic nitrogens is 1. The summed E-state index contributed by atoms with van der Waals surface area (Å²) in [6, 6.07) is 10.1. The first-order valence-electron chi connectivity index (χ1n) is 6.58. The SMILES string of the molecule is CCc1cn2c(c1-c1ccccc1)OC(=O)C2(C)C. The lowest BCUT2D eigenvalue weighted by Gasteiger charge is -2.14. The zero-order chi connectivity index (χ0) is 13.6. The molecule has 2 heterocycles. The van der Waals surface area contributed by atoms with E-state index in [1.54, 1.807) is 0 Å². The third kappa shape index (κ3) is 1.61. The van der Waals surface area contributed by atoms with E-state index in [-0.39, 0.29) is 5.97 Å². The maximum absolute atomic E-state index is 12.0. The van der Waals surface area contributed by atoms with Crippen LogP contribution in [0.4, 0.5) is 0 Å². The number of carbonyl (C=O) groups is 1. The van der Waals surface area contributed by atoms with E-state index >= 15 is 0 Å². The molecule has 0 unspecified atom stereocenters. The van der Waals surface area contributed by atoms with Crippen molar-refractivity contribution in [3.05, 3.63) is 42.1 Å². The molecule has 0 saturated heterocycles. The molecule has 98 valence electrons. The quantitative estimate of drug-likeness (QED) is 0.770. The topological polar surface area (TPSA) is 31.2 Å². The molecular formula is C16H17NO2. The summed E-state index contributed by atoms with van der Waals surface area (Å²) in [4.78, 5) is 12.0. The molecule has 2 aromatic rings. The van der Waals surface area contributed by atoms with Crippen LogP contribution in [0.5, 0.6) is 5.88 Å². The Balaban J connectivity index is 2.25. The average Bonchev–Trinajstić information content (AvgIpc) is 2.87. The van der Waals surface area contributed by atoms with Crippen molar-refractivity contribution in [2.24, 2.45) is 0 Å². The molecule has 1 aromatic carbocycles. The number of rotatable bonds is 2. The Morgan fingerprint density at radius 1 is 1.21 bits per heavy atom. The van der Waals surface area contributed by atoms with Gasteiger partial charge in [0.05, 0.1) is 0 Å².